The van der Waals surface area contributed by atoms with Crippen molar-refractivity contribution in [3.63, 3.8) is 0 Å². The number of hydrogen-bond acceptors (Lipinski definition) is 2. The number of rotatable bonds is 3. The van der Waals surface area contributed by atoms with Crippen LogP contribution in [-0.4, -0.2) is 6.54 Å². The van der Waals surface area contributed by atoms with E-state index in [1.54, 1.807) is 6.07 Å². The van der Waals surface area contributed by atoms with Gasteiger partial charge in [-0.05, 0) is 54.1 Å². The maximum absolute atomic E-state index is 5.82. The highest BCUT2D eigenvalue weighted by molar-refractivity contribution is 6.28. The highest BCUT2D eigenvalue weighted by Crippen LogP contribution is 2.30. The fourth-order valence-electron chi connectivity index (χ4n) is 2.41. The molecule has 3 heteroatoms. The van der Waals surface area contributed by atoms with Crippen molar-refractivity contribution in [2.75, 3.05) is 6.54 Å². The van der Waals surface area contributed by atoms with Gasteiger partial charge in [0, 0.05) is 6.54 Å². The molecule has 0 saturated heterocycles. The van der Waals surface area contributed by atoms with Crippen molar-refractivity contribution in [2.45, 2.75) is 32.1 Å². The Morgan fingerprint density at radius 3 is 2.69 bits per heavy atom. The Morgan fingerprint density at radius 1 is 1.38 bits per heavy atom. The molecule has 1 heterocycles. The van der Waals surface area contributed by atoms with Crippen molar-refractivity contribution >= 4 is 17.7 Å². The lowest BCUT2D eigenvalue weighted by Crippen LogP contribution is -2.15. The first kappa shape index (κ1) is 11.7. The zero-order chi connectivity index (χ0) is 11.4. The predicted octanol–water partition coefficient (Wildman–Crippen LogP) is 3.86. The summed E-state index contributed by atoms with van der Waals surface area (Å²) < 4.78 is 5.34. The number of nitrogens with two attached hydrogens (primary N) is 1. The van der Waals surface area contributed by atoms with Gasteiger partial charge < -0.3 is 10.2 Å². The van der Waals surface area contributed by atoms with Crippen LogP contribution in [0.4, 0.5) is 0 Å². The van der Waals surface area contributed by atoms with Crippen LogP contribution in [0.2, 0.25) is 5.22 Å². The summed E-state index contributed by atoms with van der Waals surface area (Å²) >= 11 is 5.75. The molecule has 0 atom stereocenters. The van der Waals surface area contributed by atoms with Crippen LogP contribution in [-0.2, 0) is 0 Å². The van der Waals surface area contributed by atoms with Crippen LogP contribution in [0.3, 0.4) is 0 Å². The van der Waals surface area contributed by atoms with Crippen molar-refractivity contribution in [2.24, 2.45) is 11.7 Å². The lowest BCUT2D eigenvalue weighted by Gasteiger charge is -2.23. The third kappa shape index (κ3) is 2.89. The van der Waals surface area contributed by atoms with Crippen LogP contribution in [0.25, 0.3) is 6.08 Å². The Labute approximate surface area is 101 Å². The fourth-order valence-corrected chi connectivity index (χ4v) is 2.56. The molecule has 0 aliphatic heterocycles. The molecule has 0 aromatic carbocycles. The molecule has 1 aliphatic rings. The van der Waals surface area contributed by atoms with E-state index >= 15 is 0 Å². The molecule has 2 nitrogen and oxygen atoms in total. The van der Waals surface area contributed by atoms with Gasteiger partial charge in [0.15, 0.2) is 5.22 Å². The van der Waals surface area contributed by atoms with Gasteiger partial charge in [0.2, 0.25) is 0 Å². The monoisotopic (exact) mass is 239 g/mol. The Morgan fingerprint density at radius 2 is 2.12 bits per heavy atom. The highest BCUT2D eigenvalue weighted by Gasteiger charge is 2.17. The molecule has 0 spiro atoms. The van der Waals surface area contributed by atoms with Gasteiger partial charge in [-0.1, -0.05) is 19.3 Å². The van der Waals surface area contributed by atoms with Crippen LogP contribution in [0.5, 0.6) is 0 Å². The van der Waals surface area contributed by atoms with Gasteiger partial charge in [0.1, 0.15) is 5.76 Å². The first-order valence-electron chi connectivity index (χ1n) is 5.95. The van der Waals surface area contributed by atoms with E-state index in [4.69, 9.17) is 21.8 Å². The molecule has 2 rings (SSSR count). The van der Waals surface area contributed by atoms with E-state index in [1.807, 2.05) is 6.07 Å². The molecule has 0 unspecified atom stereocenters. The number of hydrogen-bond donors (Lipinski definition) is 1. The first-order valence-corrected chi connectivity index (χ1v) is 6.33. The van der Waals surface area contributed by atoms with E-state index in [2.05, 4.69) is 6.08 Å². The summed E-state index contributed by atoms with van der Waals surface area (Å²) in [7, 11) is 0. The largest absolute Gasteiger partial charge is 0.445 e. The summed E-state index contributed by atoms with van der Waals surface area (Å²) in [5.41, 5.74) is 7.11. The molecule has 0 amide bonds. The van der Waals surface area contributed by atoms with Gasteiger partial charge in [-0.15, -0.1) is 0 Å². The number of furan rings is 1. The number of halogens is 1. The van der Waals surface area contributed by atoms with Gasteiger partial charge in [-0.25, -0.2) is 0 Å². The normalized spacial score (nSPS) is 19.0. The second-order valence-corrected chi connectivity index (χ2v) is 4.77. The van der Waals surface area contributed by atoms with E-state index in [-0.39, 0.29) is 0 Å². The summed E-state index contributed by atoms with van der Waals surface area (Å²) in [4.78, 5) is 0. The van der Waals surface area contributed by atoms with Crippen molar-refractivity contribution in [1.82, 2.24) is 0 Å². The van der Waals surface area contributed by atoms with Gasteiger partial charge in [0.25, 0.3) is 0 Å². The van der Waals surface area contributed by atoms with Crippen LogP contribution in [0.15, 0.2) is 22.1 Å². The molecule has 2 N–H and O–H groups in total. The fraction of sp³-hybridized carbons (Fsp3) is 0.538. The molecule has 16 heavy (non-hydrogen) atoms. The van der Waals surface area contributed by atoms with Gasteiger partial charge in [0.05, 0.1) is 0 Å². The standard InChI is InChI=1S/C13H18ClNO/c14-13-7-6-12(16-13)8-11(9-15)10-4-2-1-3-5-10/h6-8,10H,1-5,9,15H2. The minimum absolute atomic E-state index is 0.436. The van der Waals surface area contributed by atoms with Crippen LogP contribution < -0.4 is 5.73 Å². The molecular formula is C13H18ClNO. The SMILES string of the molecule is NCC(=Cc1ccc(Cl)o1)C1CCCCC1. The second-order valence-electron chi connectivity index (χ2n) is 4.40. The maximum Gasteiger partial charge on any atom is 0.193 e. The van der Waals surface area contributed by atoms with Crippen molar-refractivity contribution < 1.29 is 4.42 Å². The van der Waals surface area contributed by atoms with Gasteiger partial charge in [-0.2, -0.15) is 0 Å². The molecule has 0 radical (unpaired) electrons. The Balaban J connectivity index is 2.11. The van der Waals surface area contributed by atoms with E-state index in [0.717, 1.165) is 5.76 Å². The summed E-state index contributed by atoms with van der Waals surface area (Å²) in [5.74, 6) is 1.46. The molecule has 1 saturated carbocycles. The third-order valence-corrected chi connectivity index (χ3v) is 3.49. The van der Waals surface area contributed by atoms with E-state index in [9.17, 15) is 0 Å². The van der Waals surface area contributed by atoms with Crippen molar-refractivity contribution in [3.05, 3.63) is 28.7 Å². The van der Waals surface area contributed by atoms with Crippen LogP contribution in [0, 0.1) is 5.92 Å². The van der Waals surface area contributed by atoms with E-state index in [0.29, 0.717) is 17.7 Å². The lowest BCUT2D eigenvalue weighted by atomic mass is 9.83. The Kier molecular flexibility index (Phi) is 4.08. The summed E-state index contributed by atoms with van der Waals surface area (Å²) in [6.45, 7) is 0.614. The first-order chi connectivity index (χ1) is 7.79. The lowest BCUT2D eigenvalue weighted by molar-refractivity contribution is 0.401. The van der Waals surface area contributed by atoms with Crippen molar-refractivity contribution in [1.29, 1.82) is 0 Å². The average Bonchev–Trinajstić information content (AvgIpc) is 2.73. The summed E-state index contributed by atoms with van der Waals surface area (Å²) in [5, 5.41) is 0.436. The Bertz CT molecular complexity index is 364. The predicted molar refractivity (Wildman–Crippen MR) is 67.3 cm³/mol. The molecule has 1 aliphatic carbocycles. The maximum atomic E-state index is 5.82. The topological polar surface area (TPSA) is 39.2 Å². The zero-order valence-corrected chi connectivity index (χ0v) is 10.2. The van der Waals surface area contributed by atoms with E-state index < -0.39 is 0 Å². The van der Waals surface area contributed by atoms with Gasteiger partial charge >= 0.3 is 0 Å². The minimum atomic E-state index is 0.436. The smallest absolute Gasteiger partial charge is 0.193 e. The highest BCUT2D eigenvalue weighted by atomic mass is 35.5. The molecule has 1 aromatic heterocycles. The quantitative estimate of drug-likeness (QED) is 0.870. The second kappa shape index (κ2) is 5.55. The molecule has 88 valence electrons. The Hall–Kier alpha value is -0.730. The summed E-state index contributed by atoms with van der Waals surface area (Å²) in [6, 6.07) is 3.66. The molecule has 1 aromatic rings. The molecule has 1 fully saturated rings. The van der Waals surface area contributed by atoms with Crippen LogP contribution >= 0.6 is 11.6 Å². The molecule has 0 bridgehead atoms. The van der Waals surface area contributed by atoms with Crippen LogP contribution in [0.1, 0.15) is 37.9 Å². The average molecular weight is 240 g/mol. The molecular weight excluding hydrogens is 222 g/mol. The van der Waals surface area contributed by atoms with Crippen molar-refractivity contribution in [3.8, 4) is 0 Å². The summed E-state index contributed by atoms with van der Waals surface area (Å²) in [6.07, 6.45) is 8.58. The van der Waals surface area contributed by atoms with E-state index in [1.165, 1.54) is 37.7 Å². The minimum Gasteiger partial charge on any atom is -0.445 e. The van der Waals surface area contributed by atoms with Gasteiger partial charge in [-0.3, -0.25) is 0 Å². The zero-order valence-electron chi connectivity index (χ0n) is 9.42. The third-order valence-electron chi connectivity index (χ3n) is 3.29.